The molecule has 3 rings (SSSR count). The van der Waals surface area contributed by atoms with Crippen molar-refractivity contribution in [3.63, 3.8) is 0 Å². The van der Waals surface area contributed by atoms with Crippen LogP contribution in [0.25, 0.3) is 0 Å². The molecule has 1 saturated heterocycles. The molecule has 0 unspecified atom stereocenters. The Morgan fingerprint density at radius 2 is 2.06 bits per heavy atom. The first kappa shape index (κ1) is 23.8. The molecule has 1 aliphatic rings. The molecule has 9 heteroatoms. The van der Waals surface area contributed by atoms with E-state index >= 15 is 0 Å². The maximum atomic E-state index is 12.8. The van der Waals surface area contributed by atoms with E-state index in [4.69, 9.17) is 9.47 Å². The van der Waals surface area contributed by atoms with Crippen LogP contribution in [0.15, 0.2) is 16.8 Å². The van der Waals surface area contributed by atoms with E-state index in [1.165, 1.54) is 22.7 Å². The van der Waals surface area contributed by atoms with E-state index in [9.17, 15) is 9.59 Å². The van der Waals surface area contributed by atoms with E-state index < -0.39 is 5.41 Å². The molecule has 0 saturated carbocycles. The number of carbonyl (C=O) groups excluding carboxylic acids is 2. The third-order valence-electron chi connectivity index (χ3n) is 5.29. The number of esters is 1. The fraction of sp³-hybridized carbons (Fsp3) is 0.591. The summed E-state index contributed by atoms with van der Waals surface area (Å²) >= 11 is 2.84. The van der Waals surface area contributed by atoms with Crippen LogP contribution in [0, 0.1) is 0 Å². The highest BCUT2D eigenvalue weighted by molar-refractivity contribution is 7.14. The molecule has 0 spiro atoms. The zero-order chi connectivity index (χ0) is 22.3. The van der Waals surface area contributed by atoms with Crippen LogP contribution in [0.2, 0.25) is 0 Å². The Morgan fingerprint density at radius 3 is 2.81 bits per heavy atom. The Morgan fingerprint density at radius 1 is 1.29 bits per heavy atom. The molecule has 31 heavy (non-hydrogen) atoms. The molecule has 1 N–H and O–H groups in total. The number of amides is 1. The Bertz CT molecular complexity index is 872. The third kappa shape index (κ3) is 6.83. The fourth-order valence-electron chi connectivity index (χ4n) is 3.51. The van der Waals surface area contributed by atoms with Crippen molar-refractivity contribution in [2.45, 2.75) is 45.4 Å². The van der Waals surface area contributed by atoms with Gasteiger partial charge in [0.05, 0.1) is 36.8 Å². The fourth-order valence-corrected chi connectivity index (χ4v) is 5.25. The standard InChI is InChI=1S/C22H31N3O4S2/c1-4-29-18(26)14-22(2,3)17-15-31-21(23-17)24-20(27)19-16(7-13-30-19)6-5-8-25-9-11-28-12-10-25/h7,13,15H,4-6,8-12,14H2,1-3H3,(H,23,24,27). The molecule has 7 nitrogen and oxygen atoms in total. The van der Waals surface area contributed by atoms with Gasteiger partial charge in [-0.3, -0.25) is 19.8 Å². The molecule has 170 valence electrons. The van der Waals surface area contributed by atoms with Crippen molar-refractivity contribution in [2.24, 2.45) is 0 Å². The Labute approximate surface area is 191 Å². The van der Waals surface area contributed by atoms with Gasteiger partial charge in [0.15, 0.2) is 5.13 Å². The number of nitrogens with zero attached hydrogens (tertiary/aromatic N) is 2. The number of nitrogens with one attached hydrogen (secondary N) is 1. The number of anilines is 1. The maximum Gasteiger partial charge on any atom is 0.306 e. The number of hydrogen-bond acceptors (Lipinski definition) is 8. The summed E-state index contributed by atoms with van der Waals surface area (Å²) in [6.07, 6.45) is 2.13. The van der Waals surface area contributed by atoms with Crippen LogP contribution < -0.4 is 5.32 Å². The number of aromatic nitrogens is 1. The van der Waals surface area contributed by atoms with Crippen LogP contribution in [-0.4, -0.2) is 61.2 Å². The van der Waals surface area contributed by atoms with Gasteiger partial charge in [-0.2, -0.15) is 0 Å². The quantitative estimate of drug-likeness (QED) is 0.535. The molecule has 2 aromatic rings. The maximum absolute atomic E-state index is 12.8. The summed E-state index contributed by atoms with van der Waals surface area (Å²) < 4.78 is 10.5. The van der Waals surface area contributed by atoms with Gasteiger partial charge in [0.1, 0.15) is 0 Å². The second-order valence-corrected chi connectivity index (χ2v) is 9.96. The van der Waals surface area contributed by atoms with Crippen molar-refractivity contribution in [3.8, 4) is 0 Å². The van der Waals surface area contributed by atoms with E-state index in [2.05, 4.69) is 15.2 Å². The van der Waals surface area contributed by atoms with Gasteiger partial charge in [0, 0.05) is 23.9 Å². The number of thiazole rings is 1. The minimum atomic E-state index is -0.459. The summed E-state index contributed by atoms with van der Waals surface area (Å²) in [5.41, 5.74) is 1.40. The normalized spacial score (nSPS) is 15.1. The molecule has 0 aliphatic carbocycles. The van der Waals surface area contributed by atoms with Crippen molar-refractivity contribution in [1.82, 2.24) is 9.88 Å². The van der Waals surface area contributed by atoms with E-state index in [1.54, 1.807) is 6.92 Å². The molecule has 0 aromatic carbocycles. The summed E-state index contributed by atoms with van der Waals surface area (Å²) in [5, 5.41) is 7.34. The van der Waals surface area contributed by atoms with Crippen molar-refractivity contribution in [1.29, 1.82) is 0 Å². The molecule has 0 radical (unpaired) electrons. The predicted molar refractivity (Wildman–Crippen MR) is 124 cm³/mol. The van der Waals surface area contributed by atoms with Crippen LogP contribution in [0.4, 0.5) is 5.13 Å². The number of carbonyl (C=O) groups is 2. The smallest absolute Gasteiger partial charge is 0.306 e. The largest absolute Gasteiger partial charge is 0.466 e. The predicted octanol–water partition coefficient (Wildman–Crippen LogP) is 3.95. The third-order valence-corrected chi connectivity index (χ3v) is 7.00. The van der Waals surface area contributed by atoms with Gasteiger partial charge in [0.2, 0.25) is 0 Å². The minimum absolute atomic E-state index is 0.125. The first-order valence-electron chi connectivity index (χ1n) is 10.7. The lowest BCUT2D eigenvalue weighted by molar-refractivity contribution is -0.144. The number of hydrogen-bond donors (Lipinski definition) is 1. The minimum Gasteiger partial charge on any atom is -0.466 e. The van der Waals surface area contributed by atoms with Gasteiger partial charge in [-0.25, -0.2) is 4.98 Å². The molecule has 1 amide bonds. The zero-order valence-corrected chi connectivity index (χ0v) is 20.1. The number of morpholine rings is 1. The summed E-state index contributed by atoms with van der Waals surface area (Å²) in [7, 11) is 0. The molecular formula is C22H31N3O4S2. The Balaban J connectivity index is 1.55. The van der Waals surface area contributed by atoms with Gasteiger partial charge in [-0.1, -0.05) is 13.8 Å². The number of aryl methyl sites for hydroxylation is 1. The molecule has 3 heterocycles. The van der Waals surface area contributed by atoms with Crippen molar-refractivity contribution >= 4 is 39.7 Å². The number of thiophene rings is 1. The summed E-state index contributed by atoms with van der Waals surface area (Å²) in [4.78, 5) is 32.4. The molecular weight excluding hydrogens is 434 g/mol. The summed E-state index contributed by atoms with van der Waals surface area (Å²) in [6, 6.07) is 2.04. The van der Waals surface area contributed by atoms with Crippen LogP contribution in [0.3, 0.4) is 0 Å². The highest BCUT2D eigenvalue weighted by Gasteiger charge is 2.28. The SMILES string of the molecule is CCOC(=O)CC(C)(C)c1csc(NC(=O)c2sccc2CCCN2CCOCC2)n1. The van der Waals surface area contributed by atoms with Gasteiger partial charge in [-0.15, -0.1) is 22.7 Å². The monoisotopic (exact) mass is 465 g/mol. The second kappa shape index (κ2) is 11.2. The average Bonchev–Trinajstić information content (AvgIpc) is 3.38. The van der Waals surface area contributed by atoms with Crippen molar-refractivity contribution in [2.75, 3.05) is 44.8 Å². The summed E-state index contributed by atoms with van der Waals surface area (Å²) in [6.45, 7) is 10.7. The van der Waals surface area contributed by atoms with E-state index in [0.717, 1.165) is 61.8 Å². The highest BCUT2D eigenvalue weighted by atomic mass is 32.1. The van der Waals surface area contributed by atoms with E-state index in [1.807, 2.05) is 30.7 Å². The van der Waals surface area contributed by atoms with Crippen molar-refractivity contribution < 1.29 is 19.1 Å². The van der Waals surface area contributed by atoms with Crippen LogP contribution in [-0.2, 0) is 26.1 Å². The Hall–Kier alpha value is -1.81. The van der Waals surface area contributed by atoms with E-state index in [-0.39, 0.29) is 18.3 Å². The van der Waals surface area contributed by atoms with Crippen LogP contribution in [0.1, 0.15) is 54.5 Å². The van der Waals surface area contributed by atoms with Crippen LogP contribution >= 0.6 is 22.7 Å². The van der Waals surface area contributed by atoms with Gasteiger partial charge in [0.25, 0.3) is 5.91 Å². The van der Waals surface area contributed by atoms with Crippen LogP contribution in [0.5, 0.6) is 0 Å². The Kier molecular flexibility index (Phi) is 8.59. The molecule has 1 fully saturated rings. The first-order chi connectivity index (χ1) is 14.9. The lowest BCUT2D eigenvalue weighted by Crippen LogP contribution is -2.36. The summed E-state index contributed by atoms with van der Waals surface area (Å²) in [5.74, 6) is -0.369. The highest BCUT2D eigenvalue weighted by Crippen LogP contribution is 2.31. The first-order valence-corrected chi connectivity index (χ1v) is 12.4. The lowest BCUT2D eigenvalue weighted by atomic mass is 9.86. The topological polar surface area (TPSA) is 80.8 Å². The van der Waals surface area contributed by atoms with Gasteiger partial charge in [-0.05, 0) is 43.3 Å². The zero-order valence-electron chi connectivity index (χ0n) is 18.4. The van der Waals surface area contributed by atoms with Gasteiger partial charge >= 0.3 is 5.97 Å². The van der Waals surface area contributed by atoms with E-state index in [0.29, 0.717) is 11.7 Å². The average molecular weight is 466 g/mol. The lowest BCUT2D eigenvalue weighted by Gasteiger charge is -2.26. The number of ether oxygens (including phenoxy) is 2. The second-order valence-electron chi connectivity index (χ2n) is 8.19. The molecule has 0 atom stereocenters. The van der Waals surface area contributed by atoms with Gasteiger partial charge < -0.3 is 9.47 Å². The van der Waals surface area contributed by atoms with Crippen molar-refractivity contribution in [3.05, 3.63) is 33.0 Å². The molecule has 2 aromatic heterocycles. The molecule has 1 aliphatic heterocycles. The molecule has 0 bridgehead atoms. The number of rotatable bonds is 10.